The fourth-order valence-electron chi connectivity index (χ4n) is 4.37. The van der Waals surface area contributed by atoms with Crippen molar-refractivity contribution in [1.29, 1.82) is 0 Å². The summed E-state index contributed by atoms with van der Waals surface area (Å²) in [6.45, 7) is 0. The maximum atomic E-state index is 12.6. The van der Waals surface area contributed by atoms with Gasteiger partial charge in [0, 0.05) is 18.4 Å². The molecule has 1 aliphatic carbocycles. The second-order valence-electron chi connectivity index (χ2n) is 8.46. The summed E-state index contributed by atoms with van der Waals surface area (Å²) in [4.78, 5) is 23.5. The Hall–Kier alpha value is -3.54. The lowest BCUT2D eigenvalue weighted by atomic mass is 9.77. The molecule has 1 heterocycles. The predicted molar refractivity (Wildman–Crippen MR) is 123 cm³/mol. The zero-order chi connectivity index (χ0) is 22.3. The normalized spacial score (nSPS) is 18.1. The van der Waals surface area contributed by atoms with E-state index in [0.29, 0.717) is 23.7 Å². The highest BCUT2D eigenvalue weighted by Gasteiger charge is 2.24. The summed E-state index contributed by atoms with van der Waals surface area (Å²) in [5.41, 5.74) is 3.79. The lowest BCUT2D eigenvalue weighted by molar-refractivity contribution is -0.138. The zero-order valence-electron chi connectivity index (χ0n) is 17.9. The van der Waals surface area contributed by atoms with Crippen LogP contribution in [0.25, 0.3) is 0 Å². The average molecular weight is 430 g/mol. The Labute approximate surface area is 187 Å². The van der Waals surface area contributed by atoms with E-state index in [4.69, 9.17) is 5.11 Å². The zero-order valence-corrected chi connectivity index (χ0v) is 17.9. The van der Waals surface area contributed by atoms with Gasteiger partial charge in [0.25, 0.3) is 5.91 Å². The van der Waals surface area contributed by atoms with Gasteiger partial charge in [-0.05, 0) is 72.9 Å². The van der Waals surface area contributed by atoms with Crippen molar-refractivity contribution in [2.75, 3.05) is 5.32 Å². The van der Waals surface area contributed by atoms with Crippen LogP contribution in [0.3, 0.4) is 0 Å². The van der Waals surface area contributed by atoms with E-state index in [0.717, 1.165) is 36.9 Å². The van der Waals surface area contributed by atoms with Crippen LogP contribution in [0.15, 0.2) is 66.7 Å². The van der Waals surface area contributed by atoms with Crippen LogP contribution in [0.1, 0.15) is 65.2 Å². The van der Waals surface area contributed by atoms with Crippen molar-refractivity contribution >= 4 is 17.7 Å². The van der Waals surface area contributed by atoms with E-state index in [-0.39, 0.29) is 18.2 Å². The average Bonchev–Trinajstić information content (AvgIpc) is 2.81. The van der Waals surface area contributed by atoms with Crippen LogP contribution in [0.4, 0.5) is 5.82 Å². The molecule has 0 saturated heterocycles. The van der Waals surface area contributed by atoms with Crippen LogP contribution in [-0.2, 0) is 11.2 Å². The number of carboxylic acids is 1. The van der Waals surface area contributed by atoms with Crippen molar-refractivity contribution in [2.24, 2.45) is 5.92 Å². The highest BCUT2D eigenvalue weighted by Crippen LogP contribution is 2.37. The fraction of sp³-hybridized carbons (Fsp3) is 0.308. The van der Waals surface area contributed by atoms with E-state index >= 15 is 0 Å². The van der Waals surface area contributed by atoms with Gasteiger partial charge in [-0.25, -0.2) is 0 Å². The number of anilines is 1. The molecule has 1 aromatic heterocycles. The summed E-state index contributed by atoms with van der Waals surface area (Å²) < 4.78 is 0. The first-order valence-electron chi connectivity index (χ1n) is 11.1. The Kier molecular flexibility index (Phi) is 6.90. The largest absolute Gasteiger partial charge is 0.481 e. The summed E-state index contributed by atoms with van der Waals surface area (Å²) in [5, 5.41) is 20.1. The number of aromatic nitrogens is 2. The summed E-state index contributed by atoms with van der Waals surface area (Å²) >= 11 is 0. The van der Waals surface area contributed by atoms with E-state index in [1.54, 1.807) is 6.07 Å². The van der Waals surface area contributed by atoms with Crippen LogP contribution in [0.2, 0.25) is 0 Å². The van der Waals surface area contributed by atoms with Crippen LogP contribution in [-0.4, -0.2) is 27.2 Å². The highest BCUT2D eigenvalue weighted by molar-refractivity contribution is 6.03. The minimum atomic E-state index is -0.709. The first-order chi connectivity index (χ1) is 15.6. The number of nitrogens with one attached hydrogen (secondary N) is 1. The standard InChI is InChI=1S/C26H27N3O3/c30-25(31)17-19-6-8-20(9-7-19)21-10-12-22(13-11-21)26(32)27-24-15-14-23(28-29-24)16-18-4-2-1-3-5-18/h1-5,10-15,19-20H,6-9,16-17H2,(H,30,31)(H,27,29,32). The number of nitrogens with zero attached hydrogens (tertiary/aromatic N) is 2. The van der Waals surface area contributed by atoms with Crippen molar-refractivity contribution in [3.63, 3.8) is 0 Å². The number of benzene rings is 2. The molecule has 6 nitrogen and oxygen atoms in total. The molecule has 0 bridgehead atoms. The smallest absolute Gasteiger partial charge is 0.303 e. The van der Waals surface area contributed by atoms with Gasteiger partial charge in [0.05, 0.1) is 5.69 Å². The SMILES string of the molecule is O=C(O)CC1CCC(c2ccc(C(=O)Nc3ccc(Cc4ccccc4)nn3)cc2)CC1. The molecule has 1 fully saturated rings. The van der Waals surface area contributed by atoms with Gasteiger partial charge < -0.3 is 10.4 Å². The Balaban J connectivity index is 1.31. The van der Waals surface area contributed by atoms with E-state index in [1.807, 2.05) is 60.7 Å². The number of carboxylic acid groups (broad SMARTS) is 1. The monoisotopic (exact) mass is 429 g/mol. The minimum absolute atomic E-state index is 0.216. The molecule has 0 spiro atoms. The van der Waals surface area contributed by atoms with Gasteiger partial charge in [0.1, 0.15) is 0 Å². The Morgan fingerprint density at radius 3 is 2.22 bits per heavy atom. The minimum Gasteiger partial charge on any atom is -0.481 e. The van der Waals surface area contributed by atoms with Crippen LogP contribution < -0.4 is 5.32 Å². The van der Waals surface area contributed by atoms with E-state index < -0.39 is 5.97 Å². The predicted octanol–water partition coefficient (Wildman–Crippen LogP) is 5.07. The second kappa shape index (κ2) is 10.2. The molecule has 1 aliphatic rings. The molecule has 2 aromatic carbocycles. The van der Waals surface area contributed by atoms with E-state index in [2.05, 4.69) is 15.5 Å². The van der Waals surface area contributed by atoms with Gasteiger partial charge in [0.2, 0.25) is 0 Å². The molecular weight excluding hydrogens is 402 g/mol. The molecule has 6 heteroatoms. The highest BCUT2D eigenvalue weighted by atomic mass is 16.4. The van der Waals surface area contributed by atoms with Gasteiger partial charge in [-0.15, -0.1) is 5.10 Å². The molecule has 0 atom stereocenters. The maximum absolute atomic E-state index is 12.6. The number of rotatable bonds is 7. The summed E-state index contributed by atoms with van der Waals surface area (Å²) in [6, 6.07) is 21.4. The van der Waals surface area contributed by atoms with E-state index in [1.165, 1.54) is 5.56 Å². The second-order valence-corrected chi connectivity index (χ2v) is 8.46. The molecule has 1 amide bonds. The first-order valence-corrected chi connectivity index (χ1v) is 11.1. The third kappa shape index (κ3) is 5.78. The van der Waals surface area contributed by atoms with Crippen molar-refractivity contribution < 1.29 is 14.7 Å². The molecule has 0 radical (unpaired) electrons. The fourth-order valence-corrected chi connectivity index (χ4v) is 4.37. The summed E-state index contributed by atoms with van der Waals surface area (Å²) in [7, 11) is 0. The van der Waals surface area contributed by atoms with Gasteiger partial charge in [-0.3, -0.25) is 9.59 Å². The molecule has 3 aromatic rings. The number of carbonyl (C=O) groups is 2. The van der Waals surface area contributed by atoms with Crippen LogP contribution in [0, 0.1) is 5.92 Å². The third-order valence-electron chi connectivity index (χ3n) is 6.14. The number of carbonyl (C=O) groups excluding carboxylic acids is 1. The number of hydrogen-bond donors (Lipinski definition) is 2. The number of hydrogen-bond acceptors (Lipinski definition) is 4. The third-order valence-corrected chi connectivity index (χ3v) is 6.14. The summed E-state index contributed by atoms with van der Waals surface area (Å²) in [6.07, 6.45) is 4.84. The van der Waals surface area contributed by atoms with Crippen LogP contribution >= 0.6 is 0 Å². The number of aliphatic carboxylic acids is 1. The molecule has 0 unspecified atom stereocenters. The van der Waals surface area contributed by atoms with Gasteiger partial charge in [0.15, 0.2) is 5.82 Å². The molecule has 0 aliphatic heterocycles. The van der Waals surface area contributed by atoms with Gasteiger partial charge >= 0.3 is 5.97 Å². The topological polar surface area (TPSA) is 92.2 Å². The molecular formula is C26H27N3O3. The van der Waals surface area contributed by atoms with Crippen molar-refractivity contribution in [3.8, 4) is 0 Å². The quantitative estimate of drug-likeness (QED) is 0.547. The molecule has 1 saturated carbocycles. The van der Waals surface area contributed by atoms with E-state index in [9.17, 15) is 9.59 Å². The van der Waals surface area contributed by atoms with Crippen molar-refractivity contribution in [2.45, 2.75) is 44.4 Å². The number of amides is 1. The van der Waals surface area contributed by atoms with Crippen molar-refractivity contribution in [1.82, 2.24) is 10.2 Å². The molecule has 4 rings (SSSR count). The lowest BCUT2D eigenvalue weighted by Gasteiger charge is -2.28. The maximum Gasteiger partial charge on any atom is 0.303 e. The molecule has 2 N–H and O–H groups in total. The molecule has 32 heavy (non-hydrogen) atoms. The van der Waals surface area contributed by atoms with Gasteiger partial charge in [-0.2, -0.15) is 5.10 Å². The lowest BCUT2D eigenvalue weighted by Crippen LogP contribution is -2.17. The Morgan fingerprint density at radius 2 is 1.59 bits per heavy atom. The Morgan fingerprint density at radius 1 is 0.875 bits per heavy atom. The Bertz CT molecular complexity index is 1040. The van der Waals surface area contributed by atoms with Gasteiger partial charge in [-0.1, -0.05) is 42.5 Å². The summed E-state index contributed by atoms with van der Waals surface area (Å²) in [5.74, 6) is 0.216. The molecule has 164 valence electrons. The van der Waals surface area contributed by atoms with Crippen molar-refractivity contribution in [3.05, 3.63) is 89.1 Å². The van der Waals surface area contributed by atoms with Crippen LogP contribution in [0.5, 0.6) is 0 Å². The first kappa shape index (κ1) is 21.7.